The van der Waals surface area contributed by atoms with Gasteiger partial charge in [0.25, 0.3) is 0 Å². The maximum atomic E-state index is 5.65. The van der Waals surface area contributed by atoms with Crippen LogP contribution in [0.2, 0.25) is 0 Å². The van der Waals surface area contributed by atoms with E-state index in [1.807, 2.05) is 42.5 Å². The Morgan fingerprint density at radius 3 is 2.48 bits per heavy atom. The SMILES string of the molecule is COc1ccc(-c2cncc(COCc3ccccn3)n2)cc1. The zero-order valence-electron chi connectivity index (χ0n) is 12.8. The highest BCUT2D eigenvalue weighted by molar-refractivity contribution is 5.59. The maximum absolute atomic E-state index is 5.65. The molecule has 1 aromatic carbocycles. The summed E-state index contributed by atoms with van der Waals surface area (Å²) in [6.07, 6.45) is 5.21. The third-order valence-electron chi connectivity index (χ3n) is 3.30. The van der Waals surface area contributed by atoms with Crippen molar-refractivity contribution < 1.29 is 9.47 Å². The monoisotopic (exact) mass is 307 g/mol. The first-order chi connectivity index (χ1) is 11.3. The Labute approximate surface area is 135 Å². The lowest BCUT2D eigenvalue weighted by molar-refractivity contribution is 0.102. The third kappa shape index (κ3) is 4.11. The molecule has 5 heteroatoms. The lowest BCUT2D eigenvalue weighted by Gasteiger charge is -2.06. The predicted octanol–water partition coefficient (Wildman–Crippen LogP) is 3.26. The standard InChI is InChI=1S/C18H17N3O2/c1-22-17-7-5-14(6-8-17)18-11-19-10-16(21-18)13-23-12-15-4-2-3-9-20-15/h2-11H,12-13H2,1H3. The van der Waals surface area contributed by atoms with Crippen LogP contribution < -0.4 is 4.74 Å². The molecule has 5 nitrogen and oxygen atoms in total. The Hall–Kier alpha value is -2.79. The minimum Gasteiger partial charge on any atom is -0.497 e. The normalized spacial score (nSPS) is 10.5. The van der Waals surface area contributed by atoms with Crippen LogP contribution in [0.25, 0.3) is 11.3 Å². The van der Waals surface area contributed by atoms with E-state index in [2.05, 4.69) is 15.0 Å². The molecule has 2 heterocycles. The van der Waals surface area contributed by atoms with E-state index < -0.39 is 0 Å². The fourth-order valence-corrected chi connectivity index (χ4v) is 2.12. The molecule has 0 radical (unpaired) electrons. The molecule has 0 bridgehead atoms. The van der Waals surface area contributed by atoms with Crippen LogP contribution in [0.4, 0.5) is 0 Å². The molecular formula is C18H17N3O2. The van der Waals surface area contributed by atoms with Crippen LogP contribution in [0.5, 0.6) is 5.75 Å². The number of hydrogen-bond donors (Lipinski definition) is 0. The van der Waals surface area contributed by atoms with Crippen molar-refractivity contribution in [2.45, 2.75) is 13.2 Å². The van der Waals surface area contributed by atoms with Gasteiger partial charge >= 0.3 is 0 Å². The van der Waals surface area contributed by atoms with Crippen molar-refractivity contribution in [1.82, 2.24) is 15.0 Å². The van der Waals surface area contributed by atoms with E-state index in [-0.39, 0.29) is 0 Å². The van der Waals surface area contributed by atoms with Gasteiger partial charge in [-0.15, -0.1) is 0 Å². The zero-order chi connectivity index (χ0) is 15.9. The molecule has 0 saturated heterocycles. The summed E-state index contributed by atoms with van der Waals surface area (Å²) in [5.74, 6) is 0.816. The highest BCUT2D eigenvalue weighted by Crippen LogP contribution is 2.20. The Morgan fingerprint density at radius 1 is 0.913 bits per heavy atom. The summed E-state index contributed by atoms with van der Waals surface area (Å²) in [5.41, 5.74) is 3.48. The van der Waals surface area contributed by atoms with E-state index in [4.69, 9.17) is 9.47 Å². The zero-order valence-corrected chi connectivity index (χ0v) is 12.8. The fourth-order valence-electron chi connectivity index (χ4n) is 2.12. The first kappa shape index (κ1) is 15.1. The van der Waals surface area contributed by atoms with Crippen molar-refractivity contribution >= 4 is 0 Å². The number of hydrogen-bond acceptors (Lipinski definition) is 5. The molecule has 116 valence electrons. The van der Waals surface area contributed by atoms with E-state index >= 15 is 0 Å². The van der Waals surface area contributed by atoms with Gasteiger partial charge in [0.2, 0.25) is 0 Å². The molecule has 0 N–H and O–H groups in total. The Balaban J connectivity index is 1.64. The lowest BCUT2D eigenvalue weighted by Crippen LogP contribution is -1.99. The van der Waals surface area contributed by atoms with E-state index in [1.165, 1.54) is 0 Å². The first-order valence-corrected chi connectivity index (χ1v) is 7.28. The van der Waals surface area contributed by atoms with Crippen molar-refractivity contribution in [3.05, 3.63) is 72.4 Å². The van der Waals surface area contributed by atoms with Gasteiger partial charge in [0, 0.05) is 11.8 Å². The summed E-state index contributed by atoms with van der Waals surface area (Å²) in [6, 6.07) is 13.5. The third-order valence-corrected chi connectivity index (χ3v) is 3.30. The summed E-state index contributed by atoms with van der Waals surface area (Å²) in [4.78, 5) is 13.0. The summed E-state index contributed by atoms with van der Waals surface area (Å²) in [7, 11) is 1.65. The van der Waals surface area contributed by atoms with Crippen LogP contribution in [0, 0.1) is 0 Å². The van der Waals surface area contributed by atoms with Crippen LogP contribution in [-0.4, -0.2) is 22.1 Å². The molecule has 0 spiro atoms. The minimum absolute atomic E-state index is 0.396. The van der Waals surface area contributed by atoms with Gasteiger partial charge in [-0.25, -0.2) is 4.98 Å². The Kier molecular flexibility index (Phi) is 4.91. The highest BCUT2D eigenvalue weighted by atomic mass is 16.5. The summed E-state index contributed by atoms with van der Waals surface area (Å²) in [5, 5.41) is 0. The van der Waals surface area contributed by atoms with Crippen molar-refractivity contribution in [1.29, 1.82) is 0 Å². The molecule has 0 aliphatic carbocycles. The largest absolute Gasteiger partial charge is 0.497 e. The van der Waals surface area contributed by atoms with Gasteiger partial charge in [0.15, 0.2) is 0 Å². The number of methoxy groups -OCH3 is 1. The van der Waals surface area contributed by atoms with Crippen molar-refractivity contribution in [2.24, 2.45) is 0 Å². The Bertz CT molecular complexity index is 746. The molecule has 3 rings (SSSR count). The second-order valence-corrected chi connectivity index (χ2v) is 4.94. The second kappa shape index (κ2) is 7.47. The van der Waals surface area contributed by atoms with Gasteiger partial charge < -0.3 is 9.47 Å². The number of rotatable bonds is 6. The molecule has 2 aromatic heterocycles. The average Bonchev–Trinajstić information content (AvgIpc) is 2.63. The maximum Gasteiger partial charge on any atom is 0.118 e. The lowest BCUT2D eigenvalue weighted by atomic mass is 10.1. The van der Waals surface area contributed by atoms with Gasteiger partial charge in [0.1, 0.15) is 5.75 Å². The molecular weight excluding hydrogens is 290 g/mol. The van der Waals surface area contributed by atoms with Crippen molar-refractivity contribution in [2.75, 3.05) is 7.11 Å². The fraction of sp³-hybridized carbons (Fsp3) is 0.167. The minimum atomic E-state index is 0.396. The first-order valence-electron chi connectivity index (χ1n) is 7.28. The molecule has 3 aromatic rings. The Morgan fingerprint density at radius 2 is 1.74 bits per heavy atom. The summed E-state index contributed by atoms with van der Waals surface area (Å²) >= 11 is 0. The van der Waals surface area contributed by atoms with E-state index in [0.29, 0.717) is 13.2 Å². The van der Waals surface area contributed by atoms with Crippen LogP contribution in [0.15, 0.2) is 61.1 Å². The van der Waals surface area contributed by atoms with Gasteiger partial charge in [-0.2, -0.15) is 0 Å². The van der Waals surface area contributed by atoms with Gasteiger partial charge in [-0.05, 0) is 36.4 Å². The van der Waals surface area contributed by atoms with E-state index in [0.717, 1.165) is 28.4 Å². The van der Waals surface area contributed by atoms with E-state index in [1.54, 1.807) is 25.7 Å². The second-order valence-electron chi connectivity index (χ2n) is 4.94. The molecule has 0 fully saturated rings. The molecule has 0 saturated carbocycles. The number of aromatic nitrogens is 3. The molecule has 0 aliphatic rings. The van der Waals surface area contributed by atoms with Gasteiger partial charge in [-0.1, -0.05) is 6.07 Å². The molecule has 0 atom stereocenters. The number of pyridine rings is 1. The quantitative estimate of drug-likeness (QED) is 0.699. The number of ether oxygens (including phenoxy) is 2. The summed E-state index contributed by atoms with van der Waals surface area (Å²) < 4.78 is 10.8. The smallest absolute Gasteiger partial charge is 0.118 e. The summed E-state index contributed by atoms with van der Waals surface area (Å²) in [6.45, 7) is 0.850. The van der Waals surface area contributed by atoms with Crippen LogP contribution in [0.1, 0.15) is 11.4 Å². The van der Waals surface area contributed by atoms with Crippen LogP contribution in [-0.2, 0) is 18.0 Å². The van der Waals surface area contributed by atoms with Crippen LogP contribution in [0.3, 0.4) is 0 Å². The van der Waals surface area contributed by atoms with E-state index in [9.17, 15) is 0 Å². The number of benzene rings is 1. The highest BCUT2D eigenvalue weighted by Gasteiger charge is 2.03. The average molecular weight is 307 g/mol. The molecule has 0 amide bonds. The van der Waals surface area contributed by atoms with Gasteiger partial charge in [-0.3, -0.25) is 9.97 Å². The molecule has 0 aliphatic heterocycles. The van der Waals surface area contributed by atoms with Crippen LogP contribution >= 0.6 is 0 Å². The van der Waals surface area contributed by atoms with Crippen molar-refractivity contribution in [3.8, 4) is 17.0 Å². The van der Waals surface area contributed by atoms with Gasteiger partial charge in [0.05, 0.1) is 49.8 Å². The topological polar surface area (TPSA) is 57.1 Å². The van der Waals surface area contributed by atoms with Crippen molar-refractivity contribution in [3.63, 3.8) is 0 Å². The number of nitrogens with zero attached hydrogens (tertiary/aromatic N) is 3. The molecule has 0 unspecified atom stereocenters. The predicted molar refractivity (Wildman–Crippen MR) is 86.8 cm³/mol. The molecule has 23 heavy (non-hydrogen) atoms.